The maximum absolute atomic E-state index is 10.4. The van der Waals surface area contributed by atoms with Crippen molar-refractivity contribution in [3.8, 4) is 4.97 Å². The Morgan fingerprint density at radius 3 is 2.25 bits per heavy atom. The molecule has 0 aliphatic heterocycles. The van der Waals surface area contributed by atoms with Gasteiger partial charge >= 0.3 is 29.2 Å². The zero-order chi connectivity index (χ0) is 3.41. The molecule has 0 atom stereocenters. The topological polar surface area (TPSA) is 23.8 Å². The monoisotopic (exact) mass is 101 g/mol. The number of nitriles is 1. The summed E-state index contributed by atoms with van der Waals surface area (Å²) in [4.78, 5) is 1.26. The van der Waals surface area contributed by atoms with Crippen LogP contribution in [0.15, 0.2) is 0 Å². The molecule has 0 aromatic heterocycles. The van der Waals surface area contributed by atoms with Gasteiger partial charge in [-0.1, -0.05) is 0 Å². The van der Waals surface area contributed by atoms with Crippen LogP contribution in [0.1, 0.15) is 0 Å². The van der Waals surface area contributed by atoms with E-state index in [4.69, 9.17) is 5.26 Å². The van der Waals surface area contributed by atoms with Gasteiger partial charge in [0, 0.05) is 0 Å². The van der Waals surface area contributed by atoms with Gasteiger partial charge < -0.3 is 0 Å². The molecule has 24 valence electrons. The standard InChI is InChI=1S/CN.FH.Fe/c1-2;;/h;1H;/q;;+1/p-1. The van der Waals surface area contributed by atoms with Gasteiger partial charge in [-0.3, -0.25) is 0 Å². The van der Waals surface area contributed by atoms with Gasteiger partial charge in [-0.2, -0.15) is 0 Å². The fourth-order valence-corrected chi connectivity index (χ4v) is 0. The molecule has 0 aromatic rings. The van der Waals surface area contributed by atoms with Crippen molar-refractivity contribution in [2.45, 2.75) is 0 Å². The van der Waals surface area contributed by atoms with E-state index in [-0.39, 0.29) is 0 Å². The molecule has 0 radical (unpaired) electrons. The Morgan fingerprint density at radius 1 is 2.00 bits per heavy atom. The van der Waals surface area contributed by atoms with Gasteiger partial charge in [0.1, 0.15) is 0 Å². The first-order valence-corrected chi connectivity index (χ1v) is 1.50. The summed E-state index contributed by atoms with van der Waals surface area (Å²) in [6.45, 7) is 0. The van der Waals surface area contributed by atoms with Gasteiger partial charge in [0.25, 0.3) is 0 Å². The molecule has 0 saturated heterocycles. The minimum atomic E-state index is -0.875. The van der Waals surface area contributed by atoms with Crippen molar-refractivity contribution in [1.29, 1.82) is 5.26 Å². The Morgan fingerprint density at radius 2 is 2.25 bits per heavy atom. The Labute approximate surface area is 30.0 Å². The van der Waals surface area contributed by atoms with E-state index in [1.54, 1.807) is 0 Å². The van der Waals surface area contributed by atoms with Crippen LogP contribution < -0.4 is 0 Å². The van der Waals surface area contributed by atoms with Gasteiger partial charge in [0.15, 0.2) is 0 Å². The van der Waals surface area contributed by atoms with Crippen molar-refractivity contribution in [3.05, 3.63) is 0 Å². The molecule has 0 N–H and O–H groups in total. The third kappa shape index (κ3) is 1.94. The fourth-order valence-electron chi connectivity index (χ4n) is 0. The first-order valence-electron chi connectivity index (χ1n) is 0.534. The van der Waals surface area contributed by atoms with Crippen molar-refractivity contribution in [2.24, 2.45) is 0 Å². The summed E-state index contributed by atoms with van der Waals surface area (Å²) in [6.07, 6.45) is 0. The van der Waals surface area contributed by atoms with Crippen LogP contribution in [0.25, 0.3) is 0 Å². The third-order valence-corrected chi connectivity index (χ3v) is 0.123. The van der Waals surface area contributed by atoms with E-state index < -0.39 is 15.4 Å². The Hall–Kier alpha value is -0.0605. The molecule has 0 rings (SSSR count). The van der Waals surface area contributed by atoms with Gasteiger partial charge in [-0.15, -0.1) is 0 Å². The minimum absolute atomic E-state index is 0.875. The summed E-state index contributed by atoms with van der Waals surface area (Å²) in [6, 6.07) is 0. The van der Waals surface area contributed by atoms with Gasteiger partial charge in [-0.25, -0.2) is 0 Å². The molecule has 0 saturated carbocycles. The van der Waals surface area contributed by atoms with Crippen LogP contribution in [0.2, 0.25) is 0 Å². The summed E-state index contributed by atoms with van der Waals surface area (Å²) < 4.78 is 10.4. The molecule has 0 unspecified atom stereocenters. The van der Waals surface area contributed by atoms with E-state index in [1.165, 1.54) is 4.97 Å². The van der Waals surface area contributed by atoms with Crippen LogP contribution >= 0.6 is 0 Å². The average molecular weight is 101 g/mol. The number of halogens is 1. The second kappa shape index (κ2) is 2.94. The van der Waals surface area contributed by atoms with Crippen molar-refractivity contribution in [3.63, 3.8) is 0 Å². The normalized spacial score (nSPS) is 6.00. The molecule has 1 nitrogen and oxygen atoms in total. The first kappa shape index (κ1) is 3.94. The second-order valence-electron chi connectivity index (χ2n) is 0.146. The molecule has 0 aliphatic rings. The molecule has 0 fully saturated rings. The van der Waals surface area contributed by atoms with Crippen LogP contribution in [-0.4, -0.2) is 0 Å². The summed E-state index contributed by atoms with van der Waals surface area (Å²) >= 11 is -0.875. The Bertz CT molecular complexity index is 37.8. The number of nitrogens with zero attached hydrogens (tertiary/aromatic N) is 1. The maximum atomic E-state index is 10.4. The quantitative estimate of drug-likeness (QED) is 0.406. The summed E-state index contributed by atoms with van der Waals surface area (Å²) in [5.41, 5.74) is 0. The predicted octanol–water partition coefficient (Wildman–Crippen LogP) is 0.434. The summed E-state index contributed by atoms with van der Waals surface area (Å²) in [5.74, 6) is 0. The zero-order valence-electron chi connectivity index (χ0n) is 1.68. The first-order chi connectivity index (χ1) is 1.91. The molecule has 4 heavy (non-hydrogen) atoms. The average Bonchev–Trinajstić information content (AvgIpc) is 1.37. The van der Waals surface area contributed by atoms with Gasteiger partial charge in [-0.05, 0) is 0 Å². The van der Waals surface area contributed by atoms with E-state index in [0.717, 1.165) is 0 Å². The number of rotatable bonds is 0. The van der Waals surface area contributed by atoms with Crippen molar-refractivity contribution < 1.29 is 19.0 Å². The Kier molecular flexibility index (Phi) is 2.90. The van der Waals surface area contributed by atoms with E-state index in [2.05, 4.69) is 0 Å². The van der Waals surface area contributed by atoms with Gasteiger partial charge in [0.2, 0.25) is 0 Å². The van der Waals surface area contributed by atoms with Crippen LogP contribution in [0.4, 0.5) is 3.55 Å². The van der Waals surface area contributed by atoms with E-state index in [0.29, 0.717) is 0 Å². The molecule has 0 aliphatic carbocycles. The third-order valence-electron chi connectivity index (χ3n) is 0.0299. The molecule has 0 amide bonds. The predicted molar refractivity (Wildman–Crippen MR) is 6.72 cm³/mol. The molecule has 0 heterocycles. The molecule has 3 heteroatoms. The van der Waals surface area contributed by atoms with Crippen molar-refractivity contribution in [1.82, 2.24) is 0 Å². The van der Waals surface area contributed by atoms with E-state index in [1.807, 2.05) is 0 Å². The van der Waals surface area contributed by atoms with Crippen LogP contribution in [0, 0.1) is 10.2 Å². The number of hydrogen-bond acceptors (Lipinski definition) is 1. The summed E-state index contributed by atoms with van der Waals surface area (Å²) in [7, 11) is 0. The fraction of sp³-hybridized carbons (Fsp3) is 0. The Balaban J connectivity index is 2.43. The zero-order valence-corrected chi connectivity index (χ0v) is 2.78. The van der Waals surface area contributed by atoms with Crippen LogP contribution in [-0.2, 0) is 15.4 Å². The SMILES string of the molecule is N#[C][Fe][F]. The molecular formula is CFFeN. The molecule has 0 bridgehead atoms. The van der Waals surface area contributed by atoms with E-state index >= 15 is 0 Å². The van der Waals surface area contributed by atoms with E-state index in [9.17, 15) is 3.55 Å². The van der Waals surface area contributed by atoms with Crippen molar-refractivity contribution >= 4 is 0 Å². The van der Waals surface area contributed by atoms with Crippen molar-refractivity contribution in [2.75, 3.05) is 0 Å². The second-order valence-corrected chi connectivity index (χ2v) is 0.601. The van der Waals surface area contributed by atoms with Crippen LogP contribution in [0.5, 0.6) is 0 Å². The summed E-state index contributed by atoms with van der Waals surface area (Å²) in [5, 5.41) is 7.25. The number of hydrogen-bond donors (Lipinski definition) is 0. The molecule has 0 spiro atoms. The molecular weight excluding hydrogens is 101 g/mol. The molecule has 0 aromatic carbocycles. The van der Waals surface area contributed by atoms with Gasteiger partial charge in [0.05, 0.1) is 0 Å². The van der Waals surface area contributed by atoms with Crippen LogP contribution in [0.3, 0.4) is 0 Å².